The number of rotatable bonds is 4. The fourth-order valence-corrected chi connectivity index (χ4v) is 1.69. The molecule has 0 aromatic carbocycles. The zero-order valence-corrected chi connectivity index (χ0v) is 9.62. The first kappa shape index (κ1) is 11.2. The Morgan fingerprint density at radius 1 is 1.43 bits per heavy atom. The van der Waals surface area contributed by atoms with Gasteiger partial charge in [0.05, 0.1) is 6.20 Å². The van der Waals surface area contributed by atoms with Crippen LogP contribution in [0.1, 0.15) is 45.0 Å². The van der Waals surface area contributed by atoms with Crippen LogP contribution in [0.5, 0.6) is 0 Å². The standard InChI is InChI=1S/C11H21N3/c1-5-14-11(6-8(2)3)10(7-13-14)9(4)12/h7-9H,5-6,12H2,1-4H3. The van der Waals surface area contributed by atoms with E-state index in [-0.39, 0.29) is 6.04 Å². The fourth-order valence-electron chi connectivity index (χ4n) is 1.69. The van der Waals surface area contributed by atoms with Crippen LogP contribution < -0.4 is 5.73 Å². The third kappa shape index (κ3) is 2.35. The number of aromatic nitrogens is 2. The molecule has 0 radical (unpaired) electrons. The summed E-state index contributed by atoms with van der Waals surface area (Å²) in [6.45, 7) is 9.49. The zero-order valence-electron chi connectivity index (χ0n) is 9.62. The second-order valence-corrected chi connectivity index (χ2v) is 4.25. The minimum atomic E-state index is 0.0871. The van der Waals surface area contributed by atoms with E-state index in [9.17, 15) is 0 Å². The van der Waals surface area contributed by atoms with Gasteiger partial charge in [-0.15, -0.1) is 0 Å². The van der Waals surface area contributed by atoms with Crippen LogP contribution in [0.3, 0.4) is 0 Å². The molecule has 0 aliphatic heterocycles. The molecule has 0 bridgehead atoms. The van der Waals surface area contributed by atoms with Crippen LogP contribution in [-0.4, -0.2) is 9.78 Å². The number of nitrogens with two attached hydrogens (primary N) is 1. The van der Waals surface area contributed by atoms with Gasteiger partial charge in [-0.25, -0.2) is 0 Å². The Kier molecular flexibility index (Phi) is 3.69. The van der Waals surface area contributed by atoms with Crippen LogP contribution >= 0.6 is 0 Å². The maximum absolute atomic E-state index is 5.90. The molecule has 1 heterocycles. The molecule has 0 saturated carbocycles. The molecule has 3 nitrogen and oxygen atoms in total. The van der Waals surface area contributed by atoms with E-state index in [0.717, 1.165) is 13.0 Å². The van der Waals surface area contributed by atoms with Gasteiger partial charge in [0, 0.05) is 23.8 Å². The minimum absolute atomic E-state index is 0.0871. The summed E-state index contributed by atoms with van der Waals surface area (Å²) in [5.41, 5.74) is 8.40. The van der Waals surface area contributed by atoms with E-state index in [2.05, 4.69) is 30.6 Å². The van der Waals surface area contributed by atoms with Crippen molar-refractivity contribution >= 4 is 0 Å². The second-order valence-electron chi connectivity index (χ2n) is 4.25. The Bertz CT molecular complexity index is 287. The van der Waals surface area contributed by atoms with Crippen LogP contribution in [-0.2, 0) is 13.0 Å². The highest BCUT2D eigenvalue weighted by atomic mass is 15.3. The quantitative estimate of drug-likeness (QED) is 0.799. The molecular formula is C11H21N3. The summed E-state index contributed by atoms with van der Waals surface area (Å²) in [4.78, 5) is 0. The first-order valence-electron chi connectivity index (χ1n) is 5.36. The average Bonchev–Trinajstić information content (AvgIpc) is 2.46. The molecular weight excluding hydrogens is 174 g/mol. The highest BCUT2D eigenvalue weighted by Crippen LogP contribution is 2.18. The van der Waals surface area contributed by atoms with Crippen molar-refractivity contribution in [3.8, 4) is 0 Å². The minimum Gasteiger partial charge on any atom is -0.324 e. The number of nitrogens with zero attached hydrogens (tertiary/aromatic N) is 2. The predicted molar refractivity (Wildman–Crippen MR) is 59.0 cm³/mol. The van der Waals surface area contributed by atoms with Gasteiger partial charge in [-0.3, -0.25) is 4.68 Å². The molecule has 0 spiro atoms. The van der Waals surface area contributed by atoms with Gasteiger partial charge in [-0.2, -0.15) is 5.10 Å². The topological polar surface area (TPSA) is 43.8 Å². The molecule has 1 atom stereocenters. The normalized spacial score (nSPS) is 13.6. The molecule has 80 valence electrons. The second kappa shape index (κ2) is 4.60. The average molecular weight is 195 g/mol. The van der Waals surface area contributed by atoms with Gasteiger partial charge in [0.15, 0.2) is 0 Å². The van der Waals surface area contributed by atoms with Gasteiger partial charge in [-0.05, 0) is 26.2 Å². The summed E-state index contributed by atoms with van der Waals surface area (Å²) in [5.74, 6) is 0.648. The van der Waals surface area contributed by atoms with Gasteiger partial charge in [0.2, 0.25) is 0 Å². The Balaban J connectivity index is 3.00. The van der Waals surface area contributed by atoms with E-state index in [1.165, 1.54) is 11.3 Å². The summed E-state index contributed by atoms with van der Waals surface area (Å²) >= 11 is 0. The molecule has 3 heteroatoms. The van der Waals surface area contributed by atoms with E-state index in [1.54, 1.807) is 0 Å². The van der Waals surface area contributed by atoms with E-state index in [4.69, 9.17) is 5.73 Å². The zero-order chi connectivity index (χ0) is 10.7. The third-order valence-electron chi connectivity index (χ3n) is 2.37. The van der Waals surface area contributed by atoms with Crippen LogP contribution in [0.2, 0.25) is 0 Å². The lowest BCUT2D eigenvalue weighted by Crippen LogP contribution is -2.12. The molecule has 0 aliphatic rings. The van der Waals surface area contributed by atoms with Crippen molar-refractivity contribution in [1.29, 1.82) is 0 Å². The van der Waals surface area contributed by atoms with Gasteiger partial charge in [0.1, 0.15) is 0 Å². The highest BCUT2D eigenvalue weighted by molar-refractivity contribution is 5.21. The maximum atomic E-state index is 5.90. The van der Waals surface area contributed by atoms with Crippen molar-refractivity contribution in [1.82, 2.24) is 9.78 Å². The molecule has 1 aromatic rings. The highest BCUT2D eigenvalue weighted by Gasteiger charge is 2.13. The SMILES string of the molecule is CCn1ncc(C(C)N)c1CC(C)C. The van der Waals surface area contributed by atoms with Crippen molar-refractivity contribution in [2.45, 2.75) is 46.7 Å². The van der Waals surface area contributed by atoms with Crippen molar-refractivity contribution in [2.24, 2.45) is 11.7 Å². The largest absolute Gasteiger partial charge is 0.324 e. The number of hydrogen-bond acceptors (Lipinski definition) is 2. The molecule has 2 N–H and O–H groups in total. The molecule has 1 rings (SSSR count). The lowest BCUT2D eigenvalue weighted by atomic mass is 10.0. The van der Waals surface area contributed by atoms with Gasteiger partial charge >= 0.3 is 0 Å². The van der Waals surface area contributed by atoms with E-state index in [0.29, 0.717) is 5.92 Å². The lowest BCUT2D eigenvalue weighted by Gasteiger charge is -2.12. The molecule has 1 aromatic heterocycles. The fraction of sp³-hybridized carbons (Fsp3) is 0.727. The van der Waals surface area contributed by atoms with Gasteiger partial charge in [0.25, 0.3) is 0 Å². The summed E-state index contributed by atoms with van der Waals surface area (Å²) < 4.78 is 2.05. The van der Waals surface area contributed by atoms with Crippen molar-refractivity contribution < 1.29 is 0 Å². The van der Waals surface area contributed by atoms with Crippen LogP contribution in [0, 0.1) is 5.92 Å². The maximum Gasteiger partial charge on any atom is 0.0540 e. The predicted octanol–water partition coefficient (Wildman–Crippen LogP) is 2.12. The molecule has 0 amide bonds. The summed E-state index contributed by atoms with van der Waals surface area (Å²) in [7, 11) is 0. The molecule has 1 unspecified atom stereocenters. The van der Waals surface area contributed by atoms with Crippen molar-refractivity contribution in [2.75, 3.05) is 0 Å². The smallest absolute Gasteiger partial charge is 0.0540 e. The lowest BCUT2D eigenvalue weighted by molar-refractivity contribution is 0.556. The third-order valence-corrected chi connectivity index (χ3v) is 2.37. The molecule has 0 aliphatic carbocycles. The Morgan fingerprint density at radius 3 is 2.50 bits per heavy atom. The van der Waals surface area contributed by atoms with E-state index in [1.807, 2.05) is 13.1 Å². The van der Waals surface area contributed by atoms with Gasteiger partial charge in [-0.1, -0.05) is 13.8 Å². The van der Waals surface area contributed by atoms with Gasteiger partial charge < -0.3 is 5.73 Å². The Hall–Kier alpha value is -0.830. The molecule has 14 heavy (non-hydrogen) atoms. The summed E-state index contributed by atoms with van der Waals surface area (Å²) in [5, 5.41) is 4.35. The molecule has 0 saturated heterocycles. The Labute approximate surface area is 86.3 Å². The summed E-state index contributed by atoms with van der Waals surface area (Å²) in [6, 6.07) is 0.0871. The van der Waals surface area contributed by atoms with Crippen LogP contribution in [0.25, 0.3) is 0 Å². The number of aryl methyl sites for hydroxylation is 1. The number of hydrogen-bond donors (Lipinski definition) is 1. The van der Waals surface area contributed by atoms with Crippen molar-refractivity contribution in [3.63, 3.8) is 0 Å². The molecule has 0 fully saturated rings. The monoisotopic (exact) mass is 195 g/mol. The van der Waals surface area contributed by atoms with Crippen molar-refractivity contribution in [3.05, 3.63) is 17.5 Å². The van der Waals surface area contributed by atoms with E-state index >= 15 is 0 Å². The van der Waals surface area contributed by atoms with Crippen LogP contribution in [0.4, 0.5) is 0 Å². The van der Waals surface area contributed by atoms with Crippen LogP contribution in [0.15, 0.2) is 6.20 Å². The first-order chi connectivity index (χ1) is 6.56. The Morgan fingerprint density at radius 2 is 2.07 bits per heavy atom. The summed E-state index contributed by atoms with van der Waals surface area (Å²) in [6.07, 6.45) is 2.97. The van der Waals surface area contributed by atoms with E-state index < -0.39 is 0 Å². The first-order valence-corrected chi connectivity index (χ1v) is 5.36.